The zero-order valence-corrected chi connectivity index (χ0v) is 17.2. The quantitative estimate of drug-likeness (QED) is 0.357. The van der Waals surface area contributed by atoms with E-state index in [0.717, 1.165) is 17.1 Å². The average molecular weight is 423 g/mol. The largest absolute Gasteiger partial charge is 0.492 e. The molecule has 5 rings (SSSR count). The summed E-state index contributed by atoms with van der Waals surface area (Å²) in [5.74, 6) is 1.91. The second-order valence-corrected chi connectivity index (χ2v) is 6.97. The van der Waals surface area contributed by atoms with Gasteiger partial charge in [-0.15, -0.1) is 0 Å². The molecule has 0 aliphatic carbocycles. The number of ether oxygens (including phenoxy) is 1. The lowest BCUT2D eigenvalue weighted by molar-refractivity contribution is 0.333. The number of aromatic nitrogens is 5. The molecule has 0 saturated heterocycles. The summed E-state index contributed by atoms with van der Waals surface area (Å²) >= 11 is 0. The molecule has 3 heterocycles. The Hall–Kier alpha value is -4.46. The Morgan fingerprint density at radius 1 is 0.875 bits per heavy atom. The lowest BCUT2D eigenvalue weighted by Crippen LogP contribution is -2.13. The summed E-state index contributed by atoms with van der Waals surface area (Å²) in [5.41, 5.74) is 3.16. The minimum atomic E-state index is 0.453. The topological polar surface area (TPSA) is 89.8 Å². The molecule has 3 aromatic heterocycles. The number of benzene rings is 2. The molecule has 0 fully saturated rings. The van der Waals surface area contributed by atoms with Crippen LogP contribution in [0.2, 0.25) is 0 Å². The molecule has 0 amide bonds. The van der Waals surface area contributed by atoms with E-state index in [-0.39, 0.29) is 0 Å². The molecule has 0 spiro atoms. The van der Waals surface area contributed by atoms with Crippen molar-refractivity contribution in [2.45, 2.75) is 0 Å². The second kappa shape index (κ2) is 9.13. The van der Waals surface area contributed by atoms with Crippen LogP contribution >= 0.6 is 0 Å². The Kier molecular flexibility index (Phi) is 5.56. The summed E-state index contributed by atoms with van der Waals surface area (Å²) in [5, 5.41) is 6.57. The maximum atomic E-state index is 5.78. The van der Waals surface area contributed by atoms with Crippen LogP contribution in [0.4, 0.5) is 17.5 Å². The molecule has 0 bridgehead atoms. The van der Waals surface area contributed by atoms with Gasteiger partial charge in [-0.3, -0.25) is 9.55 Å². The minimum Gasteiger partial charge on any atom is -0.492 e. The third-order valence-electron chi connectivity index (χ3n) is 4.75. The number of pyridine rings is 1. The van der Waals surface area contributed by atoms with Crippen molar-refractivity contribution in [3.63, 3.8) is 0 Å². The number of para-hydroxylation sites is 2. The van der Waals surface area contributed by atoms with Gasteiger partial charge >= 0.3 is 0 Å². The van der Waals surface area contributed by atoms with E-state index in [4.69, 9.17) is 9.72 Å². The van der Waals surface area contributed by atoms with Crippen molar-refractivity contribution in [3.8, 4) is 11.4 Å². The Morgan fingerprint density at radius 3 is 2.47 bits per heavy atom. The molecule has 2 N–H and O–H groups in total. The van der Waals surface area contributed by atoms with Crippen molar-refractivity contribution < 1.29 is 4.74 Å². The number of anilines is 3. The van der Waals surface area contributed by atoms with E-state index >= 15 is 0 Å². The number of nitrogens with one attached hydrogen (secondary N) is 2. The molecular weight excluding hydrogens is 402 g/mol. The van der Waals surface area contributed by atoms with Crippen molar-refractivity contribution in [2.75, 3.05) is 23.8 Å². The van der Waals surface area contributed by atoms with Crippen molar-refractivity contribution in [1.82, 2.24) is 24.5 Å². The van der Waals surface area contributed by atoms with Gasteiger partial charge in [0.15, 0.2) is 17.0 Å². The van der Waals surface area contributed by atoms with Crippen molar-refractivity contribution in [3.05, 3.63) is 91.5 Å². The molecule has 0 saturated carbocycles. The molecule has 8 heteroatoms. The predicted octanol–water partition coefficient (Wildman–Crippen LogP) is 4.45. The summed E-state index contributed by atoms with van der Waals surface area (Å²) in [6, 6.07) is 23.5. The normalized spacial score (nSPS) is 10.8. The monoisotopic (exact) mass is 423 g/mol. The van der Waals surface area contributed by atoms with Crippen molar-refractivity contribution >= 4 is 28.6 Å². The molecule has 0 atom stereocenters. The van der Waals surface area contributed by atoms with E-state index in [1.807, 2.05) is 77.4 Å². The van der Waals surface area contributed by atoms with Gasteiger partial charge in [-0.25, -0.2) is 4.98 Å². The summed E-state index contributed by atoms with van der Waals surface area (Å²) in [6.45, 7) is 1.05. The number of imidazole rings is 1. The van der Waals surface area contributed by atoms with Gasteiger partial charge in [0.2, 0.25) is 5.95 Å². The van der Waals surface area contributed by atoms with Gasteiger partial charge in [0.05, 0.1) is 18.4 Å². The Balaban J connectivity index is 1.44. The maximum Gasteiger partial charge on any atom is 0.231 e. The van der Waals surface area contributed by atoms with E-state index in [2.05, 4.69) is 25.6 Å². The van der Waals surface area contributed by atoms with Crippen LogP contribution < -0.4 is 15.4 Å². The number of hydrogen-bond donors (Lipinski definition) is 2. The lowest BCUT2D eigenvalue weighted by atomic mass is 10.3. The highest BCUT2D eigenvalue weighted by Crippen LogP contribution is 2.24. The highest BCUT2D eigenvalue weighted by atomic mass is 16.5. The summed E-state index contributed by atoms with van der Waals surface area (Å²) in [4.78, 5) is 18.1. The molecule has 0 aliphatic heterocycles. The fourth-order valence-corrected chi connectivity index (χ4v) is 3.28. The van der Waals surface area contributed by atoms with Crippen LogP contribution in [0.3, 0.4) is 0 Å². The SMILES string of the molecule is c1ccc(OCCNc2nc(Nc3cccnc3)nc3c2ncn3-c2ccccc2)cc1. The number of hydrogen-bond acceptors (Lipinski definition) is 7. The van der Waals surface area contributed by atoms with Crippen LogP contribution in [0, 0.1) is 0 Å². The van der Waals surface area contributed by atoms with Crippen molar-refractivity contribution in [1.29, 1.82) is 0 Å². The van der Waals surface area contributed by atoms with E-state index in [1.165, 1.54) is 0 Å². The first-order valence-corrected chi connectivity index (χ1v) is 10.3. The summed E-state index contributed by atoms with van der Waals surface area (Å²) in [6.07, 6.45) is 5.20. The van der Waals surface area contributed by atoms with Gasteiger partial charge in [0.1, 0.15) is 18.7 Å². The molecule has 8 nitrogen and oxygen atoms in total. The molecular formula is C24H21N7O. The molecule has 0 radical (unpaired) electrons. The van der Waals surface area contributed by atoms with Crippen molar-refractivity contribution in [2.24, 2.45) is 0 Å². The Morgan fingerprint density at radius 2 is 1.69 bits per heavy atom. The number of fused-ring (bicyclic) bond motifs is 1. The lowest BCUT2D eigenvalue weighted by Gasteiger charge is -2.11. The standard InChI is InChI=1S/C24H21N7O/c1-3-9-19(10-4-1)31-17-27-21-22(26-14-15-32-20-11-5-2-6-12-20)29-24(30-23(21)31)28-18-8-7-13-25-16-18/h1-13,16-17H,14-15H2,(H2,26,28,29,30). The predicted molar refractivity (Wildman–Crippen MR) is 125 cm³/mol. The van der Waals surface area contributed by atoms with Crippen LogP contribution in [0.15, 0.2) is 91.5 Å². The van der Waals surface area contributed by atoms with Crippen LogP contribution in [-0.4, -0.2) is 37.7 Å². The molecule has 0 aliphatic rings. The van der Waals surface area contributed by atoms with Crippen LogP contribution in [0.5, 0.6) is 5.75 Å². The highest BCUT2D eigenvalue weighted by molar-refractivity contribution is 5.85. The molecule has 158 valence electrons. The third-order valence-corrected chi connectivity index (χ3v) is 4.75. The van der Waals surface area contributed by atoms with E-state index in [9.17, 15) is 0 Å². The molecule has 32 heavy (non-hydrogen) atoms. The average Bonchev–Trinajstić information content (AvgIpc) is 3.28. The van der Waals surface area contributed by atoms with Crippen LogP contribution in [0.1, 0.15) is 0 Å². The van der Waals surface area contributed by atoms with Crippen LogP contribution in [0.25, 0.3) is 16.9 Å². The van der Waals surface area contributed by atoms with Crippen LogP contribution in [-0.2, 0) is 0 Å². The molecule has 0 unspecified atom stereocenters. The number of rotatable bonds is 8. The van der Waals surface area contributed by atoms with Gasteiger partial charge in [-0.2, -0.15) is 9.97 Å². The zero-order chi connectivity index (χ0) is 21.6. The smallest absolute Gasteiger partial charge is 0.231 e. The fourth-order valence-electron chi connectivity index (χ4n) is 3.28. The van der Waals surface area contributed by atoms with E-state index < -0.39 is 0 Å². The highest BCUT2D eigenvalue weighted by Gasteiger charge is 2.14. The zero-order valence-electron chi connectivity index (χ0n) is 17.2. The van der Waals surface area contributed by atoms with Gasteiger partial charge in [-0.05, 0) is 36.4 Å². The van der Waals surface area contributed by atoms with Gasteiger partial charge in [0.25, 0.3) is 0 Å². The first kappa shape index (κ1) is 19.5. The third kappa shape index (κ3) is 4.34. The molecule has 5 aromatic rings. The first-order valence-electron chi connectivity index (χ1n) is 10.3. The fraction of sp³-hybridized carbons (Fsp3) is 0.0833. The van der Waals surface area contributed by atoms with E-state index in [1.54, 1.807) is 18.7 Å². The van der Waals surface area contributed by atoms with Gasteiger partial charge in [0, 0.05) is 11.9 Å². The summed E-state index contributed by atoms with van der Waals surface area (Å²) in [7, 11) is 0. The minimum absolute atomic E-state index is 0.453. The Labute approximate surface area is 185 Å². The van der Waals surface area contributed by atoms with E-state index in [0.29, 0.717) is 36.1 Å². The molecule has 2 aromatic carbocycles. The van der Waals surface area contributed by atoms with Gasteiger partial charge in [-0.1, -0.05) is 36.4 Å². The Bertz CT molecular complexity index is 1290. The first-order chi connectivity index (χ1) is 15.9. The van der Waals surface area contributed by atoms with Gasteiger partial charge < -0.3 is 15.4 Å². The number of nitrogens with zero attached hydrogens (tertiary/aromatic N) is 5. The maximum absolute atomic E-state index is 5.78. The summed E-state index contributed by atoms with van der Waals surface area (Å²) < 4.78 is 7.73. The second-order valence-electron chi connectivity index (χ2n) is 6.97.